The van der Waals surface area contributed by atoms with Gasteiger partial charge in [0.15, 0.2) is 0 Å². The molecule has 1 saturated heterocycles. The Kier molecular flexibility index (Phi) is 5.22. The minimum Gasteiger partial charge on any atom is -0.311 e. The molecule has 0 aromatic heterocycles. The number of rotatable bonds is 7. The van der Waals surface area contributed by atoms with Crippen LogP contribution >= 0.6 is 11.6 Å². The van der Waals surface area contributed by atoms with Crippen molar-refractivity contribution in [3.05, 3.63) is 47.5 Å². The van der Waals surface area contributed by atoms with Crippen molar-refractivity contribution in [1.29, 1.82) is 0 Å². The lowest BCUT2D eigenvalue weighted by Crippen LogP contribution is -2.53. The lowest BCUT2D eigenvalue weighted by Gasteiger charge is -2.42. The summed E-state index contributed by atoms with van der Waals surface area (Å²) in [6.45, 7) is 8.52. The molecule has 3 heteroatoms. The van der Waals surface area contributed by atoms with E-state index in [2.05, 4.69) is 35.0 Å². The van der Waals surface area contributed by atoms with E-state index in [0.29, 0.717) is 5.54 Å². The molecule has 22 heavy (non-hydrogen) atoms. The molecular weight excluding hydrogens is 292 g/mol. The molecule has 1 aliphatic carbocycles. The Labute approximate surface area is 139 Å². The van der Waals surface area contributed by atoms with Crippen LogP contribution in [-0.4, -0.2) is 30.1 Å². The molecule has 2 fully saturated rings. The highest BCUT2D eigenvalue weighted by atomic mass is 35.5. The van der Waals surface area contributed by atoms with E-state index in [0.717, 1.165) is 37.0 Å². The molecule has 1 aliphatic heterocycles. The van der Waals surface area contributed by atoms with Gasteiger partial charge in [-0.3, -0.25) is 4.90 Å². The van der Waals surface area contributed by atoms with Gasteiger partial charge in [-0.2, -0.15) is 0 Å². The molecular formula is C19H27ClN2. The normalized spacial score (nSPS) is 21.7. The fraction of sp³-hybridized carbons (Fsp3) is 0.579. The van der Waals surface area contributed by atoms with Crippen molar-refractivity contribution in [3.8, 4) is 0 Å². The first kappa shape index (κ1) is 16.0. The van der Waals surface area contributed by atoms with E-state index in [1.807, 2.05) is 12.1 Å². The molecule has 1 saturated carbocycles. The molecule has 3 rings (SSSR count). The number of hydrogen-bond acceptors (Lipinski definition) is 2. The van der Waals surface area contributed by atoms with Crippen LogP contribution in [0.15, 0.2) is 36.9 Å². The van der Waals surface area contributed by atoms with E-state index in [4.69, 9.17) is 11.6 Å². The summed E-state index contributed by atoms with van der Waals surface area (Å²) in [4.78, 5) is 2.56. The SMILES string of the molecule is C=CCC1(NCC2CC2)CCN(Cc2ccc(Cl)cc2)CC1. The minimum atomic E-state index is 0.292. The Balaban J connectivity index is 1.52. The van der Waals surface area contributed by atoms with Crippen molar-refractivity contribution in [2.75, 3.05) is 19.6 Å². The zero-order valence-corrected chi connectivity index (χ0v) is 14.1. The standard InChI is InChI=1S/C19H27ClN2/c1-2-9-19(21-14-16-3-4-16)10-12-22(13-11-19)15-17-5-7-18(20)8-6-17/h2,5-8,16,21H,1,3-4,9-15H2. The molecule has 1 aromatic rings. The van der Waals surface area contributed by atoms with Gasteiger partial charge in [-0.15, -0.1) is 6.58 Å². The highest BCUT2D eigenvalue weighted by Crippen LogP contribution is 2.32. The highest BCUT2D eigenvalue weighted by Gasteiger charge is 2.34. The van der Waals surface area contributed by atoms with Crippen LogP contribution in [0, 0.1) is 5.92 Å². The summed E-state index contributed by atoms with van der Waals surface area (Å²) in [6.07, 6.45) is 8.46. The highest BCUT2D eigenvalue weighted by molar-refractivity contribution is 6.30. The van der Waals surface area contributed by atoms with Crippen LogP contribution in [0.25, 0.3) is 0 Å². The summed E-state index contributed by atoms with van der Waals surface area (Å²) < 4.78 is 0. The number of nitrogens with zero attached hydrogens (tertiary/aromatic N) is 1. The minimum absolute atomic E-state index is 0.292. The molecule has 120 valence electrons. The van der Waals surface area contributed by atoms with Gasteiger partial charge in [0.05, 0.1) is 0 Å². The third kappa shape index (κ3) is 4.34. The van der Waals surface area contributed by atoms with Gasteiger partial charge in [-0.1, -0.05) is 29.8 Å². The van der Waals surface area contributed by atoms with Gasteiger partial charge in [0, 0.05) is 30.2 Å². The van der Waals surface area contributed by atoms with E-state index < -0.39 is 0 Å². The largest absolute Gasteiger partial charge is 0.311 e. The fourth-order valence-electron chi connectivity index (χ4n) is 3.40. The van der Waals surface area contributed by atoms with Gasteiger partial charge in [0.1, 0.15) is 0 Å². The lowest BCUT2D eigenvalue weighted by molar-refractivity contribution is 0.129. The van der Waals surface area contributed by atoms with Crippen molar-refractivity contribution in [1.82, 2.24) is 10.2 Å². The topological polar surface area (TPSA) is 15.3 Å². The predicted octanol–water partition coefficient (Wildman–Crippen LogP) is 4.25. The van der Waals surface area contributed by atoms with Crippen molar-refractivity contribution in [3.63, 3.8) is 0 Å². The summed E-state index contributed by atoms with van der Waals surface area (Å²) in [6, 6.07) is 8.25. The molecule has 0 unspecified atom stereocenters. The van der Waals surface area contributed by atoms with Crippen molar-refractivity contribution in [2.45, 2.75) is 44.2 Å². The van der Waals surface area contributed by atoms with E-state index >= 15 is 0 Å². The summed E-state index contributed by atoms with van der Waals surface area (Å²) in [5.74, 6) is 0.939. The van der Waals surface area contributed by atoms with Crippen LogP contribution in [0.2, 0.25) is 5.02 Å². The Hall–Kier alpha value is -0.830. The third-order valence-electron chi connectivity index (χ3n) is 5.13. The Morgan fingerprint density at radius 1 is 1.23 bits per heavy atom. The molecule has 0 amide bonds. The van der Waals surface area contributed by atoms with E-state index in [-0.39, 0.29) is 0 Å². The smallest absolute Gasteiger partial charge is 0.0406 e. The van der Waals surface area contributed by atoms with E-state index in [9.17, 15) is 0 Å². The predicted molar refractivity (Wildman–Crippen MR) is 94.2 cm³/mol. The molecule has 1 aromatic carbocycles. The van der Waals surface area contributed by atoms with Crippen molar-refractivity contribution >= 4 is 11.6 Å². The van der Waals surface area contributed by atoms with Crippen LogP contribution in [0.5, 0.6) is 0 Å². The first-order valence-corrected chi connectivity index (χ1v) is 8.90. The summed E-state index contributed by atoms with van der Waals surface area (Å²) in [7, 11) is 0. The van der Waals surface area contributed by atoms with E-state index in [1.54, 1.807) is 0 Å². The van der Waals surface area contributed by atoms with Gasteiger partial charge in [0.25, 0.3) is 0 Å². The van der Waals surface area contributed by atoms with Gasteiger partial charge in [0.2, 0.25) is 0 Å². The fourth-order valence-corrected chi connectivity index (χ4v) is 3.53. The van der Waals surface area contributed by atoms with Gasteiger partial charge in [-0.25, -0.2) is 0 Å². The van der Waals surface area contributed by atoms with Crippen molar-refractivity contribution in [2.24, 2.45) is 5.92 Å². The number of benzene rings is 1. The Morgan fingerprint density at radius 3 is 2.50 bits per heavy atom. The van der Waals surface area contributed by atoms with Crippen LogP contribution in [0.4, 0.5) is 0 Å². The second-order valence-electron chi connectivity index (χ2n) is 7.00. The van der Waals surface area contributed by atoms with Crippen molar-refractivity contribution < 1.29 is 0 Å². The molecule has 1 N–H and O–H groups in total. The first-order valence-electron chi connectivity index (χ1n) is 8.52. The van der Waals surface area contributed by atoms with Gasteiger partial charge >= 0.3 is 0 Å². The number of likely N-dealkylation sites (tertiary alicyclic amines) is 1. The zero-order chi connectivity index (χ0) is 15.4. The maximum atomic E-state index is 5.96. The number of hydrogen-bond donors (Lipinski definition) is 1. The first-order chi connectivity index (χ1) is 10.7. The molecule has 2 nitrogen and oxygen atoms in total. The molecule has 0 spiro atoms. The second-order valence-corrected chi connectivity index (χ2v) is 7.44. The second kappa shape index (κ2) is 7.16. The molecule has 0 bridgehead atoms. The van der Waals surface area contributed by atoms with E-state index in [1.165, 1.54) is 37.8 Å². The summed E-state index contributed by atoms with van der Waals surface area (Å²) in [5, 5.41) is 4.69. The quantitative estimate of drug-likeness (QED) is 0.756. The molecule has 0 atom stereocenters. The maximum Gasteiger partial charge on any atom is 0.0406 e. The average Bonchev–Trinajstić information content (AvgIpc) is 3.35. The van der Waals surface area contributed by atoms with Gasteiger partial charge in [-0.05, 0) is 62.3 Å². The average molecular weight is 319 g/mol. The third-order valence-corrected chi connectivity index (χ3v) is 5.38. The van der Waals surface area contributed by atoms with Crippen LogP contribution < -0.4 is 5.32 Å². The summed E-state index contributed by atoms with van der Waals surface area (Å²) in [5.41, 5.74) is 1.65. The molecule has 0 radical (unpaired) electrons. The van der Waals surface area contributed by atoms with Crippen LogP contribution in [0.1, 0.15) is 37.7 Å². The Bertz CT molecular complexity index is 485. The zero-order valence-electron chi connectivity index (χ0n) is 13.4. The number of nitrogens with one attached hydrogen (secondary N) is 1. The Morgan fingerprint density at radius 2 is 1.91 bits per heavy atom. The number of halogens is 1. The van der Waals surface area contributed by atoms with Crippen LogP contribution in [0.3, 0.4) is 0 Å². The maximum absolute atomic E-state index is 5.96. The number of piperidine rings is 1. The summed E-state index contributed by atoms with van der Waals surface area (Å²) >= 11 is 5.96. The van der Waals surface area contributed by atoms with Crippen LogP contribution in [-0.2, 0) is 6.54 Å². The molecule has 2 aliphatic rings. The van der Waals surface area contributed by atoms with Gasteiger partial charge < -0.3 is 5.32 Å². The molecule has 1 heterocycles. The lowest BCUT2D eigenvalue weighted by atomic mass is 9.84. The monoisotopic (exact) mass is 318 g/mol.